The van der Waals surface area contributed by atoms with Crippen LogP contribution in [0.1, 0.15) is 245 Å². The molecule has 0 aromatic rings. The predicted octanol–water partition coefficient (Wildman–Crippen LogP) is 13.6. The molecule has 0 spiro atoms. The van der Waals surface area contributed by atoms with Gasteiger partial charge in [0.25, 0.3) is 0 Å². The van der Waals surface area contributed by atoms with E-state index in [9.17, 15) is 19.8 Å². The first-order chi connectivity index (χ1) is 26.5. The number of ether oxygens (including phenoxy) is 1. The number of carbonyl (C=O) groups excluding carboxylic acids is 2. The number of unbranched alkanes of at least 4 members (excludes halogenated alkanes) is 30. The molecule has 0 saturated carbocycles. The summed E-state index contributed by atoms with van der Waals surface area (Å²) < 4.78 is 5.45. The predicted molar refractivity (Wildman–Crippen MR) is 232 cm³/mol. The van der Waals surface area contributed by atoms with Gasteiger partial charge in [0.2, 0.25) is 5.91 Å². The van der Waals surface area contributed by atoms with E-state index in [-0.39, 0.29) is 18.5 Å². The molecule has 0 heterocycles. The van der Waals surface area contributed by atoms with Crippen LogP contribution in [0.25, 0.3) is 0 Å². The number of rotatable bonds is 43. The summed E-state index contributed by atoms with van der Waals surface area (Å²) in [4.78, 5) is 24.4. The molecule has 2 atom stereocenters. The molecule has 0 rings (SSSR count). The number of aliphatic hydroxyl groups excluding tert-OH is 2. The van der Waals surface area contributed by atoms with Crippen LogP contribution in [0, 0.1) is 0 Å². The second-order valence-electron chi connectivity index (χ2n) is 16.1. The highest BCUT2D eigenvalue weighted by molar-refractivity contribution is 5.76. The number of esters is 1. The summed E-state index contributed by atoms with van der Waals surface area (Å²) in [6.07, 6.45) is 50.3. The number of nitrogens with one attached hydrogen (secondary N) is 1. The van der Waals surface area contributed by atoms with Gasteiger partial charge < -0.3 is 20.3 Å². The van der Waals surface area contributed by atoms with Gasteiger partial charge in [-0.3, -0.25) is 9.59 Å². The highest BCUT2D eigenvalue weighted by atomic mass is 16.5. The lowest BCUT2D eigenvalue weighted by atomic mass is 10.0. The summed E-state index contributed by atoms with van der Waals surface area (Å²) >= 11 is 0. The first kappa shape index (κ1) is 52.3. The smallest absolute Gasteiger partial charge is 0.305 e. The minimum absolute atomic E-state index is 0.0158. The molecular formula is C48H91NO5. The van der Waals surface area contributed by atoms with Crippen LogP contribution in [0.5, 0.6) is 0 Å². The van der Waals surface area contributed by atoms with Crippen LogP contribution in [-0.4, -0.2) is 47.4 Å². The average molecular weight is 762 g/mol. The first-order valence-electron chi connectivity index (χ1n) is 23.6. The highest BCUT2D eigenvalue weighted by Gasteiger charge is 2.18. The first-order valence-corrected chi connectivity index (χ1v) is 23.6. The standard InChI is InChI=1S/C48H91NO5/c1-3-5-7-9-11-13-14-15-16-19-22-26-30-34-38-42-48(53)54-43-39-35-31-27-23-20-17-18-21-25-29-33-37-41-47(52)49-45(44-50)46(51)40-36-32-28-24-12-10-8-6-4-2/h15-16,36,40,45-46,50-51H,3-14,17-35,37-39,41-44H2,1-2H3,(H,49,52)/b16-15-,40-36+. The lowest BCUT2D eigenvalue weighted by molar-refractivity contribution is -0.143. The Morgan fingerprint density at radius 1 is 0.500 bits per heavy atom. The molecule has 0 aliphatic carbocycles. The van der Waals surface area contributed by atoms with Crippen molar-refractivity contribution in [1.29, 1.82) is 0 Å². The Bertz CT molecular complexity index is 843. The van der Waals surface area contributed by atoms with Crippen molar-refractivity contribution in [2.24, 2.45) is 0 Å². The molecule has 318 valence electrons. The van der Waals surface area contributed by atoms with E-state index in [1.54, 1.807) is 6.08 Å². The summed E-state index contributed by atoms with van der Waals surface area (Å²) in [6, 6.07) is -0.635. The SMILES string of the molecule is CCCCCCCC/C=C\CCCCCCCC(=O)OCCCCCCCCCCCCCCCC(=O)NC(CO)C(O)/C=C/CCCCCCCCC. The highest BCUT2D eigenvalue weighted by Crippen LogP contribution is 2.15. The van der Waals surface area contributed by atoms with E-state index >= 15 is 0 Å². The largest absolute Gasteiger partial charge is 0.466 e. The fraction of sp³-hybridized carbons (Fsp3) is 0.875. The number of hydrogen-bond donors (Lipinski definition) is 3. The zero-order valence-electron chi connectivity index (χ0n) is 36.0. The van der Waals surface area contributed by atoms with Gasteiger partial charge in [-0.25, -0.2) is 0 Å². The fourth-order valence-electron chi connectivity index (χ4n) is 7.04. The molecule has 2 unspecified atom stereocenters. The molecule has 0 aromatic heterocycles. The number of aliphatic hydroxyl groups is 2. The quantitative estimate of drug-likeness (QED) is 0.0327. The molecule has 0 fully saturated rings. The van der Waals surface area contributed by atoms with Crippen LogP contribution in [0.4, 0.5) is 0 Å². The molecule has 0 aliphatic rings. The van der Waals surface area contributed by atoms with E-state index in [1.165, 1.54) is 161 Å². The summed E-state index contributed by atoms with van der Waals surface area (Å²) in [5, 5.41) is 22.9. The molecule has 0 bridgehead atoms. The number of carbonyl (C=O) groups is 2. The molecule has 6 nitrogen and oxygen atoms in total. The van der Waals surface area contributed by atoms with Gasteiger partial charge in [0.05, 0.1) is 25.4 Å². The van der Waals surface area contributed by atoms with Gasteiger partial charge >= 0.3 is 5.97 Å². The molecule has 0 saturated heterocycles. The molecule has 0 aromatic carbocycles. The van der Waals surface area contributed by atoms with Crippen molar-refractivity contribution >= 4 is 11.9 Å². The molecule has 0 aliphatic heterocycles. The topological polar surface area (TPSA) is 95.9 Å². The van der Waals surface area contributed by atoms with Crippen LogP contribution in [0.2, 0.25) is 0 Å². The van der Waals surface area contributed by atoms with E-state index in [0.29, 0.717) is 19.4 Å². The second kappa shape index (κ2) is 44.1. The Balaban J connectivity index is 3.46. The Morgan fingerprint density at radius 3 is 1.31 bits per heavy atom. The van der Waals surface area contributed by atoms with Gasteiger partial charge in [-0.05, 0) is 57.8 Å². The maximum Gasteiger partial charge on any atom is 0.305 e. The lowest BCUT2D eigenvalue weighted by Crippen LogP contribution is -2.45. The zero-order chi connectivity index (χ0) is 39.4. The average Bonchev–Trinajstić information content (AvgIpc) is 3.17. The van der Waals surface area contributed by atoms with Crippen molar-refractivity contribution in [2.45, 2.75) is 257 Å². The van der Waals surface area contributed by atoms with Crippen molar-refractivity contribution in [3.63, 3.8) is 0 Å². The van der Waals surface area contributed by atoms with Gasteiger partial charge in [0.15, 0.2) is 0 Å². The number of allylic oxidation sites excluding steroid dienone is 3. The molecule has 3 N–H and O–H groups in total. The van der Waals surface area contributed by atoms with E-state index in [2.05, 4.69) is 31.3 Å². The third-order valence-electron chi connectivity index (χ3n) is 10.7. The van der Waals surface area contributed by atoms with Crippen molar-refractivity contribution in [2.75, 3.05) is 13.2 Å². The van der Waals surface area contributed by atoms with Crippen LogP contribution in [-0.2, 0) is 14.3 Å². The summed E-state index contributed by atoms with van der Waals surface area (Å²) in [6.45, 7) is 4.83. The van der Waals surface area contributed by atoms with Crippen LogP contribution in [0.3, 0.4) is 0 Å². The van der Waals surface area contributed by atoms with Gasteiger partial charge in [-0.1, -0.05) is 199 Å². The maximum atomic E-state index is 12.3. The monoisotopic (exact) mass is 762 g/mol. The van der Waals surface area contributed by atoms with Crippen molar-refractivity contribution in [1.82, 2.24) is 5.32 Å². The maximum absolute atomic E-state index is 12.3. The van der Waals surface area contributed by atoms with Crippen LogP contribution >= 0.6 is 0 Å². The van der Waals surface area contributed by atoms with Crippen molar-refractivity contribution in [3.8, 4) is 0 Å². The van der Waals surface area contributed by atoms with E-state index < -0.39 is 12.1 Å². The number of hydrogen-bond acceptors (Lipinski definition) is 5. The van der Waals surface area contributed by atoms with Gasteiger partial charge in [0, 0.05) is 12.8 Å². The van der Waals surface area contributed by atoms with E-state index in [4.69, 9.17) is 4.74 Å². The minimum atomic E-state index is -0.850. The fourth-order valence-corrected chi connectivity index (χ4v) is 7.04. The van der Waals surface area contributed by atoms with Crippen molar-refractivity contribution < 1.29 is 24.5 Å². The van der Waals surface area contributed by atoms with E-state index in [1.807, 2.05) is 6.08 Å². The third kappa shape index (κ3) is 40.0. The minimum Gasteiger partial charge on any atom is -0.466 e. The van der Waals surface area contributed by atoms with Gasteiger partial charge in [-0.2, -0.15) is 0 Å². The molecular weight excluding hydrogens is 671 g/mol. The van der Waals surface area contributed by atoms with Gasteiger partial charge in [-0.15, -0.1) is 0 Å². The van der Waals surface area contributed by atoms with Gasteiger partial charge in [0.1, 0.15) is 0 Å². The van der Waals surface area contributed by atoms with Crippen molar-refractivity contribution in [3.05, 3.63) is 24.3 Å². The van der Waals surface area contributed by atoms with E-state index in [0.717, 1.165) is 57.8 Å². The lowest BCUT2D eigenvalue weighted by Gasteiger charge is -2.20. The Morgan fingerprint density at radius 2 is 0.870 bits per heavy atom. The molecule has 54 heavy (non-hydrogen) atoms. The second-order valence-corrected chi connectivity index (χ2v) is 16.1. The Labute approximate surface area is 335 Å². The summed E-state index contributed by atoms with van der Waals surface area (Å²) in [5.41, 5.74) is 0. The third-order valence-corrected chi connectivity index (χ3v) is 10.7. The molecule has 1 amide bonds. The van der Waals surface area contributed by atoms with Crippen LogP contribution in [0.15, 0.2) is 24.3 Å². The molecule has 0 radical (unpaired) electrons. The zero-order valence-corrected chi connectivity index (χ0v) is 36.0. The Kier molecular flexibility index (Phi) is 42.7. The molecule has 6 heteroatoms. The summed E-state index contributed by atoms with van der Waals surface area (Å²) in [5.74, 6) is -0.100. The number of amides is 1. The van der Waals surface area contributed by atoms with Crippen LogP contribution < -0.4 is 5.32 Å². The summed E-state index contributed by atoms with van der Waals surface area (Å²) in [7, 11) is 0. The normalized spacial score (nSPS) is 12.9. The Hall–Kier alpha value is -1.66.